The van der Waals surface area contributed by atoms with E-state index < -0.39 is 0 Å². The van der Waals surface area contributed by atoms with Gasteiger partial charge in [0.2, 0.25) is 0 Å². The van der Waals surface area contributed by atoms with Gasteiger partial charge in [0, 0.05) is 23.1 Å². The molecule has 18 heavy (non-hydrogen) atoms. The number of halogens is 1. The van der Waals surface area contributed by atoms with Crippen LogP contribution in [0, 0.1) is 18.8 Å². The lowest BCUT2D eigenvalue weighted by atomic mass is 9.95. The number of rotatable bonds is 2. The Morgan fingerprint density at radius 3 is 2.67 bits per heavy atom. The zero-order valence-corrected chi connectivity index (χ0v) is 12.8. The fraction of sp³-hybridized carbons (Fsp3) is 0.533. The summed E-state index contributed by atoms with van der Waals surface area (Å²) in [7, 11) is 0. The SMILES string of the molecule is Cc1cc(Br)cc(C(=O)N2CCC(C(C)C)C2)c1. The van der Waals surface area contributed by atoms with Crippen LogP contribution in [0.5, 0.6) is 0 Å². The summed E-state index contributed by atoms with van der Waals surface area (Å²) in [5.41, 5.74) is 1.92. The van der Waals surface area contributed by atoms with Crippen molar-refractivity contribution in [1.82, 2.24) is 4.90 Å². The number of nitrogens with zero attached hydrogens (tertiary/aromatic N) is 1. The number of likely N-dealkylation sites (tertiary alicyclic amines) is 1. The number of hydrogen-bond donors (Lipinski definition) is 0. The van der Waals surface area contributed by atoms with Crippen LogP contribution >= 0.6 is 15.9 Å². The Bertz CT molecular complexity index is 436. The average molecular weight is 310 g/mol. The summed E-state index contributed by atoms with van der Waals surface area (Å²) in [6.07, 6.45) is 1.14. The quantitative estimate of drug-likeness (QED) is 0.812. The molecule has 2 rings (SSSR count). The number of amides is 1. The van der Waals surface area contributed by atoms with E-state index in [0.29, 0.717) is 11.8 Å². The van der Waals surface area contributed by atoms with Crippen molar-refractivity contribution in [3.8, 4) is 0 Å². The highest BCUT2D eigenvalue weighted by Gasteiger charge is 2.28. The molecule has 98 valence electrons. The zero-order chi connectivity index (χ0) is 13.3. The summed E-state index contributed by atoms with van der Waals surface area (Å²) < 4.78 is 0.977. The third-order valence-corrected chi connectivity index (χ3v) is 4.20. The van der Waals surface area contributed by atoms with Crippen LogP contribution in [0.25, 0.3) is 0 Å². The zero-order valence-electron chi connectivity index (χ0n) is 11.2. The second-order valence-electron chi connectivity index (χ2n) is 5.56. The van der Waals surface area contributed by atoms with E-state index in [9.17, 15) is 4.79 Å². The number of hydrogen-bond acceptors (Lipinski definition) is 1. The van der Waals surface area contributed by atoms with Crippen LogP contribution in [0.3, 0.4) is 0 Å². The monoisotopic (exact) mass is 309 g/mol. The smallest absolute Gasteiger partial charge is 0.253 e. The van der Waals surface area contributed by atoms with E-state index in [4.69, 9.17) is 0 Å². The van der Waals surface area contributed by atoms with Gasteiger partial charge in [0.05, 0.1) is 0 Å². The summed E-state index contributed by atoms with van der Waals surface area (Å²) in [5, 5.41) is 0. The third-order valence-electron chi connectivity index (χ3n) is 3.74. The predicted octanol–water partition coefficient (Wildman–Crippen LogP) is 3.88. The first kappa shape index (κ1) is 13.6. The molecule has 0 aromatic heterocycles. The van der Waals surface area contributed by atoms with Crippen LogP contribution in [-0.2, 0) is 0 Å². The molecule has 0 saturated carbocycles. The molecule has 0 radical (unpaired) electrons. The molecule has 1 atom stereocenters. The second-order valence-corrected chi connectivity index (χ2v) is 6.48. The maximum absolute atomic E-state index is 12.4. The molecule has 1 heterocycles. The molecule has 0 N–H and O–H groups in total. The minimum atomic E-state index is 0.169. The fourth-order valence-electron chi connectivity index (χ4n) is 2.56. The number of aryl methyl sites for hydroxylation is 1. The second kappa shape index (κ2) is 5.43. The summed E-state index contributed by atoms with van der Waals surface area (Å²) in [5.74, 6) is 1.48. The molecule has 1 aliphatic rings. The Labute approximate surface area is 117 Å². The molecule has 0 aliphatic carbocycles. The van der Waals surface area contributed by atoms with Gasteiger partial charge in [0.1, 0.15) is 0 Å². The third kappa shape index (κ3) is 2.94. The highest BCUT2D eigenvalue weighted by Crippen LogP contribution is 2.25. The van der Waals surface area contributed by atoms with Crippen LogP contribution < -0.4 is 0 Å². The van der Waals surface area contributed by atoms with Crippen LogP contribution in [0.2, 0.25) is 0 Å². The van der Waals surface area contributed by atoms with Gasteiger partial charge in [-0.3, -0.25) is 4.79 Å². The van der Waals surface area contributed by atoms with Crippen LogP contribution in [0.15, 0.2) is 22.7 Å². The van der Waals surface area contributed by atoms with E-state index in [-0.39, 0.29) is 5.91 Å². The van der Waals surface area contributed by atoms with Gasteiger partial charge in [-0.05, 0) is 48.9 Å². The first-order valence-corrected chi connectivity index (χ1v) is 7.33. The molecule has 3 heteroatoms. The van der Waals surface area contributed by atoms with Crippen molar-refractivity contribution in [2.24, 2.45) is 11.8 Å². The van der Waals surface area contributed by atoms with Crippen LogP contribution in [-0.4, -0.2) is 23.9 Å². The van der Waals surface area contributed by atoms with Gasteiger partial charge in [-0.15, -0.1) is 0 Å². The summed E-state index contributed by atoms with van der Waals surface area (Å²) in [6.45, 7) is 8.29. The molecule has 1 fully saturated rings. The first-order valence-electron chi connectivity index (χ1n) is 6.54. The minimum absolute atomic E-state index is 0.169. The van der Waals surface area contributed by atoms with Crippen molar-refractivity contribution in [2.45, 2.75) is 27.2 Å². The Kier molecular flexibility index (Phi) is 4.10. The van der Waals surface area contributed by atoms with E-state index in [1.807, 2.05) is 30.0 Å². The Morgan fingerprint density at radius 1 is 1.39 bits per heavy atom. The normalized spacial score (nSPS) is 19.6. The van der Waals surface area contributed by atoms with Gasteiger partial charge in [-0.25, -0.2) is 0 Å². The molecule has 1 unspecified atom stereocenters. The lowest BCUT2D eigenvalue weighted by Crippen LogP contribution is -2.29. The van der Waals surface area contributed by atoms with Crippen molar-refractivity contribution in [2.75, 3.05) is 13.1 Å². The topological polar surface area (TPSA) is 20.3 Å². The van der Waals surface area contributed by atoms with Gasteiger partial charge in [0.25, 0.3) is 5.91 Å². The first-order chi connectivity index (χ1) is 8.47. The van der Waals surface area contributed by atoms with Gasteiger partial charge in [0.15, 0.2) is 0 Å². The van der Waals surface area contributed by atoms with Gasteiger partial charge < -0.3 is 4.90 Å². The molecule has 0 bridgehead atoms. The van der Waals surface area contributed by atoms with E-state index in [2.05, 4.69) is 29.8 Å². The molecular formula is C15H20BrNO. The van der Waals surface area contributed by atoms with Crippen molar-refractivity contribution < 1.29 is 4.79 Å². The molecule has 0 spiro atoms. The van der Waals surface area contributed by atoms with E-state index in [1.165, 1.54) is 0 Å². The maximum Gasteiger partial charge on any atom is 0.253 e. The number of benzene rings is 1. The van der Waals surface area contributed by atoms with Crippen molar-refractivity contribution >= 4 is 21.8 Å². The van der Waals surface area contributed by atoms with E-state index in [0.717, 1.165) is 35.1 Å². The summed E-state index contributed by atoms with van der Waals surface area (Å²) in [4.78, 5) is 14.4. The molecule has 1 aromatic rings. The standard InChI is InChI=1S/C15H20BrNO/c1-10(2)12-4-5-17(9-12)15(18)13-6-11(3)7-14(16)8-13/h6-8,10,12H,4-5,9H2,1-3H3. The Morgan fingerprint density at radius 2 is 2.11 bits per heavy atom. The van der Waals surface area contributed by atoms with Crippen molar-refractivity contribution in [3.63, 3.8) is 0 Å². The maximum atomic E-state index is 12.4. The number of carbonyl (C=O) groups is 1. The number of carbonyl (C=O) groups excluding carboxylic acids is 1. The average Bonchev–Trinajstić information content (AvgIpc) is 2.75. The molecule has 2 nitrogen and oxygen atoms in total. The van der Waals surface area contributed by atoms with Crippen LogP contribution in [0.4, 0.5) is 0 Å². The van der Waals surface area contributed by atoms with Crippen LogP contribution in [0.1, 0.15) is 36.2 Å². The highest BCUT2D eigenvalue weighted by atomic mass is 79.9. The predicted molar refractivity (Wildman–Crippen MR) is 77.7 cm³/mol. The highest BCUT2D eigenvalue weighted by molar-refractivity contribution is 9.10. The lowest BCUT2D eigenvalue weighted by Gasteiger charge is -2.18. The molecule has 1 aliphatic heterocycles. The fourth-order valence-corrected chi connectivity index (χ4v) is 3.17. The summed E-state index contributed by atoms with van der Waals surface area (Å²) in [6, 6.07) is 5.91. The minimum Gasteiger partial charge on any atom is -0.338 e. The molecule has 1 amide bonds. The lowest BCUT2D eigenvalue weighted by molar-refractivity contribution is 0.0784. The Balaban J connectivity index is 2.12. The largest absolute Gasteiger partial charge is 0.338 e. The van der Waals surface area contributed by atoms with Gasteiger partial charge >= 0.3 is 0 Å². The Hall–Kier alpha value is -0.830. The molecule has 1 saturated heterocycles. The van der Waals surface area contributed by atoms with Gasteiger partial charge in [-0.1, -0.05) is 29.8 Å². The van der Waals surface area contributed by atoms with Gasteiger partial charge in [-0.2, -0.15) is 0 Å². The van der Waals surface area contributed by atoms with E-state index in [1.54, 1.807) is 0 Å². The van der Waals surface area contributed by atoms with E-state index >= 15 is 0 Å². The van der Waals surface area contributed by atoms with Crippen molar-refractivity contribution in [3.05, 3.63) is 33.8 Å². The molecule has 1 aromatic carbocycles. The van der Waals surface area contributed by atoms with Crippen molar-refractivity contribution in [1.29, 1.82) is 0 Å². The molecular weight excluding hydrogens is 290 g/mol. The summed E-state index contributed by atoms with van der Waals surface area (Å²) >= 11 is 3.45.